The number of fused-ring (bicyclic) bond motifs is 1. The van der Waals surface area contributed by atoms with Gasteiger partial charge in [0.25, 0.3) is 0 Å². The zero-order valence-corrected chi connectivity index (χ0v) is 11.4. The van der Waals surface area contributed by atoms with Gasteiger partial charge in [-0.25, -0.2) is 0 Å². The molecule has 2 aliphatic rings. The molecule has 0 saturated carbocycles. The smallest absolute Gasteiger partial charge is 0.225 e. The number of aromatic nitrogens is 3. The normalized spacial score (nSPS) is 29.6. The molecule has 3 heterocycles. The molecule has 0 radical (unpaired) electrons. The largest absolute Gasteiger partial charge is 0.368 e. The summed E-state index contributed by atoms with van der Waals surface area (Å²) in [6.45, 7) is 8.52. The fraction of sp³-hybridized carbons (Fsp3) is 0.750. The highest BCUT2D eigenvalue weighted by atomic mass is 15.3. The average molecular weight is 263 g/mol. The number of likely N-dealkylation sites (tertiary alicyclic amines) is 1. The third kappa shape index (κ3) is 2.12. The molecule has 1 aromatic heterocycles. The van der Waals surface area contributed by atoms with Crippen molar-refractivity contribution in [3.05, 3.63) is 5.82 Å². The molecular formula is C12H21N7. The van der Waals surface area contributed by atoms with Crippen LogP contribution in [0.2, 0.25) is 0 Å². The number of hydrogen-bond donors (Lipinski definition) is 3. The van der Waals surface area contributed by atoms with E-state index in [2.05, 4.69) is 39.0 Å². The monoisotopic (exact) mass is 263 g/mol. The van der Waals surface area contributed by atoms with Crippen LogP contribution in [0.4, 0.5) is 11.9 Å². The molecule has 2 saturated heterocycles. The Bertz CT molecular complexity index is 467. The number of rotatable bonds is 2. The molecule has 7 nitrogen and oxygen atoms in total. The maximum absolute atomic E-state index is 5.62. The number of nitrogens with zero attached hydrogens (tertiary/aromatic N) is 4. The van der Waals surface area contributed by atoms with Crippen molar-refractivity contribution in [3.63, 3.8) is 0 Å². The van der Waals surface area contributed by atoms with E-state index >= 15 is 0 Å². The summed E-state index contributed by atoms with van der Waals surface area (Å²) in [5, 5.41) is 3.47. The molecular weight excluding hydrogens is 242 g/mol. The Kier molecular flexibility index (Phi) is 2.83. The van der Waals surface area contributed by atoms with E-state index < -0.39 is 0 Å². The fourth-order valence-corrected chi connectivity index (χ4v) is 3.47. The van der Waals surface area contributed by atoms with Gasteiger partial charge in [0.1, 0.15) is 5.82 Å². The topological polar surface area (TPSA) is 106 Å². The molecule has 1 aromatic rings. The molecule has 0 aromatic carbocycles. The first-order chi connectivity index (χ1) is 8.96. The Hall–Kier alpha value is -1.47. The summed E-state index contributed by atoms with van der Waals surface area (Å²) in [4.78, 5) is 14.6. The minimum absolute atomic E-state index is 0.143. The van der Waals surface area contributed by atoms with Crippen LogP contribution in [0.5, 0.6) is 0 Å². The van der Waals surface area contributed by atoms with Gasteiger partial charge in [-0.1, -0.05) is 0 Å². The molecule has 2 unspecified atom stereocenters. The van der Waals surface area contributed by atoms with Gasteiger partial charge in [0.2, 0.25) is 11.9 Å². The minimum Gasteiger partial charge on any atom is -0.368 e. The summed E-state index contributed by atoms with van der Waals surface area (Å²) in [6, 6.07) is 0. The van der Waals surface area contributed by atoms with Crippen LogP contribution in [0.3, 0.4) is 0 Å². The van der Waals surface area contributed by atoms with Gasteiger partial charge in [0, 0.05) is 18.6 Å². The molecule has 5 N–H and O–H groups in total. The first kappa shape index (κ1) is 12.6. The van der Waals surface area contributed by atoms with Crippen molar-refractivity contribution >= 4 is 11.9 Å². The highest BCUT2D eigenvalue weighted by Crippen LogP contribution is 2.40. The van der Waals surface area contributed by atoms with Crippen molar-refractivity contribution < 1.29 is 0 Å². The Balaban J connectivity index is 1.80. The summed E-state index contributed by atoms with van der Waals surface area (Å²) < 4.78 is 0. The van der Waals surface area contributed by atoms with Gasteiger partial charge >= 0.3 is 0 Å². The predicted molar refractivity (Wildman–Crippen MR) is 73.0 cm³/mol. The molecule has 2 atom stereocenters. The summed E-state index contributed by atoms with van der Waals surface area (Å²) in [6.07, 6.45) is 0. The lowest BCUT2D eigenvalue weighted by molar-refractivity contribution is 0.128. The molecule has 0 spiro atoms. The van der Waals surface area contributed by atoms with Crippen molar-refractivity contribution in [3.8, 4) is 0 Å². The first-order valence-electron chi connectivity index (χ1n) is 6.68. The molecule has 0 aliphatic carbocycles. The van der Waals surface area contributed by atoms with Gasteiger partial charge < -0.3 is 16.8 Å². The van der Waals surface area contributed by atoms with Crippen LogP contribution < -0.4 is 16.8 Å². The zero-order valence-electron chi connectivity index (χ0n) is 11.4. The summed E-state index contributed by atoms with van der Waals surface area (Å²) in [5.74, 6) is 2.45. The molecule has 0 amide bonds. The molecule has 2 aliphatic heterocycles. The fourth-order valence-electron chi connectivity index (χ4n) is 3.47. The number of nitrogen functional groups attached to an aromatic ring is 2. The van der Waals surface area contributed by atoms with E-state index in [-0.39, 0.29) is 17.4 Å². The van der Waals surface area contributed by atoms with Gasteiger partial charge in [0.05, 0.1) is 6.54 Å². The van der Waals surface area contributed by atoms with Gasteiger partial charge in [-0.15, -0.1) is 0 Å². The van der Waals surface area contributed by atoms with Crippen LogP contribution in [0.15, 0.2) is 0 Å². The van der Waals surface area contributed by atoms with Crippen LogP contribution in [0.25, 0.3) is 0 Å². The van der Waals surface area contributed by atoms with E-state index in [1.54, 1.807) is 0 Å². The van der Waals surface area contributed by atoms with Gasteiger partial charge in [-0.2, -0.15) is 15.0 Å². The molecule has 104 valence electrons. The Morgan fingerprint density at radius 1 is 1.21 bits per heavy atom. The minimum atomic E-state index is 0.143. The Labute approximate surface area is 112 Å². The first-order valence-corrected chi connectivity index (χ1v) is 6.68. The second-order valence-electron chi connectivity index (χ2n) is 6.03. The van der Waals surface area contributed by atoms with Crippen molar-refractivity contribution in [2.75, 3.05) is 31.1 Å². The standard InChI is InChI=1S/C12H21N7/c1-12(2)8-4-15-3-7(8)5-19(12)6-9-16-10(13)18-11(14)17-9/h7-8,15H,3-6H2,1-2H3,(H4,13,14,16,17,18). The predicted octanol–water partition coefficient (Wildman–Crippen LogP) is -0.534. The van der Waals surface area contributed by atoms with E-state index in [1.165, 1.54) is 0 Å². The maximum atomic E-state index is 5.62. The lowest BCUT2D eigenvalue weighted by atomic mass is 9.85. The quantitative estimate of drug-likeness (QED) is 0.658. The maximum Gasteiger partial charge on any atom is 0.225 e. The summed E-state index contributed by atoms with van der Waals surface area (Å²) in [7, 11) is 0. The Morgan fingerprint density at radius 2 is 1.89 bits per heavy atom. The molecule has 2 fully saturated rings. The highest BCUT2D eigenvalue weighted by Gasteiger charge is 2.49. The summed E-state index contributed by atoms with van der Waals surface area (Å²) in [5.41, 5.74) is 11.4. The summed E-state index contributed by atoms with van der Waals surface area (Å²) >= 11 is 0. The second kappa shape index (κ2) is 4.28. The van der Waals surface area contributed by atoms with E-state index in [0.717, 1.165) is 19.6 Å². The number of nitrogens with two attached hydrogens (primary N) is 2. The lowest BCUT2D eigenvalue weighted by Gasteiger charge is -2.35. The average Bonchev–Trinajstić information content (AvgIpc) is 2.82. The SMILES string of the molecule is CC1(C)C2CNCC2CN1Cc1nc(N)nc(N)n1. The molecule has 19 heavy (non-hydrogen) atoms. The van der Waals surface area contributed by atoms with E-state index in [4.69, 9.17) is 11.5 Å². The van der Waals surface area contributed by atoms with Gasteiger partial charge in [-0.05, 0) is 32.2 Å². The van der Waals surface area contributed by atoms with Crippen LogP contribution in [0, 0.1) is 11.8 Å². The van der Waals surface area contributed by atoms with E-state index in [1.807, 2.05) is 0 Å². The van der Waals surface area contributed by atoms with Crippen molar-refractivity contribution in [2.24, 2.45) is 11.8 Å². The second-order valence-corrected chi connectivity index (χ2v) is 6.03. The van der Waals surface area contributed by atoms with Crippen LogP contribution in [-0.4, -0.2) is 45.0 Å². The lowest BCUT2D eigenvalue weighted by Crippen LogP contribution is -2.44. The van der Waals surface area contributed by atoms with Crippen molar-refractivity contribution in [1.29, 1.82) is 0 Å². The Morgan fingerprint density at radius 3 is 2.53 bits per heavy atom. The van der Waals surface area contributed by atoms with Crippen molar-refractivity contribution in [1.82, 2.24) is 25.2 Å². The van der Waals surface area contributed by atoms with Gasteiger partial charge in [-0.3, -0.25) is 4.90 Å². The number of nitrogens with one attached hydrogen (secondary N) is 1. The van der Waals surface area contributed by atoms with Crippen LogP contribution in [0.1, 0.15) is 19.7 Å². The van der Waals surface area contributed by atoms with Gasteiger partial charge in [0.15, 0.2) is 0 Å². The third-order valence-electron chi connectivity index (χ3n) is 4.57. The van der Waals surface area contributed by atoms with E-state index in [0.29, 0.717) is 24.2 Å². The third-order valence-corrected chi connectivity index (χ3v) is 4.57. The molecule has 0 bridgehead atoms. The van der Waals surface area contributed by atoms with Crippen LogP contribution >= 0.6 is 0 Å². The number of anilines is 2. The van der Waals surface area contributed by atoms with E-state index in [9.17, 15) is 0 Å². The number of hydrogen-bond acceptors (Lipinski definition) is 7. The van der Waals surface area contributed by atoms with Crippen LogP contribution in [-0.2, 0) is 6.54 Å². The zero-order chi connectivity index (χ0) is 13.6. The van der Waals surface area contributed by atoms with Crippen molar-refractivity contribution in [2.45, 2.75) is 25.9 Å². The molecule has 7 heteroatoms. The highest BCUT2D eigenvalue weighted by molar-refractivity contribution is 5.26. The molecule has 3 rings (SSSR count).